The van der Waals surface area contributed by atoms with Crippen molar-refractivity contribution in [3.8, 4) is 0 Å². The topological polar surface area (TPSA) is 42.2 Å². The van der Waals surface area contributed by atoms with Crippen LogP contribution in [0.5, 0.6) is 0 Å². The lowest BCUT2D eigenvalue weighted by Gasteiger charge is -2.14. The molecule has 1 aromatic heterocycles. The highest BCUT2D eigenvalue weighted by Crippen LogP contribution is 2.25. The van der Waals surface area contributed by atoms with Crippen molar-refractivity contribution in [2.24, 2.45) is 0 Å². The van der Waals surface area contributed by atoms with Gasteiger partial charge >= 0.3 is 0 Å². The second-order valence-corrected chi connectivity index (χ2v) is 3.50. The molecule has 0 atom stereocenters. The van der Waals surface area contributed by atoms with Crippen molar-refractivity contribution in [1.82, 2.24) is 4.98 Å². The molecule has 1 aromatic carbocycles. The van der Waals surface area contributed by atoms with Gasteiger partial charge in [-0.15, -0.1) is 12.4 Å². The second-order valence-electron chi connectivity index (χ2n) is 3.50. The van der Waals surface area contributed by atoms with Crippen LogP contribution in [0.25, 0.3) is 10.9 Å². The van der Waals surface area contributed by atoms with E-state index in [-0.39, 0.29) is 12.4 Å². The number of benzene rings is 1. The molecule has 0 amide bonds. The minimum Gasteiger partial charge on any atom is -0.399 e. The summed E-state index contributed by atoms with van der Waals surface area (Å²) in [6.07, 6.45) is 1.81. The van der Waals surface area contributed by atoms with Crippen molar-refractivity contribution >= 4 is 34.7 Å². The molecule has 0 unspecified atom stereocenters. The quantitative estimate of drug-likeness (QED) is 0.755. The number of fused-ring (bicyclic) bond motifs is 1. The van der Waals surface area contributed by atoms with Crippen LogP contribution in [0.3, 0.4) is 0 Å². The first kappa shape index (κ1) is 11.6. The first-order chi connectivity index (χ1) is 6.68. The molecular formula is C11H14ClN3. The Morgan fingerprint density at radius 2 is 1.93 bits per heavy atom. The third-order valence-corrected chi connectivity index (χ3v) is 2.22. The molecule has 15 heavy (non-hydrogen) atoms. The Morgan fingerprint density at radius 1 is 1.20 bits per heavy atom. The van der Waals surface area contributed by atoms with E-state index in [1.807, 2.05) is 44.6 Å². The highest BCUT2D eigenvalue weighted by atomic mass is 35.5. The molecule has 0 fully saturated rings. The average molecular weight is 224 g/mol. The van der Waals surface area contributed by atoms with Gasteiger partial charge in [-0.3, -0.25) is 4.98 Å². The Labute approximate surface area is 95.3 Å². The van der Waals surface area contributed by atoms with Crippen LogP contribution in [0.2, 0.25) is 0 Å². The predicted octanol–water partition coefficient (Wildman–Crippen LogP) is 2.30. The molecule has 80 valence electrons. The third kappa shape index (κ3) is 2.13. The highest BCUT2D eigenvalue weighted by Gasteiger charge is 2.03. The van der Waals surface area contributed by atoms with Gasteiger partial charge in [-0.1, -0.05) is 0 Å². The van der Waals surface area contributed by atoms with E-state index in [9.17, 15) is 0 Å². The number of hydrogen-bond acceptors (Lipinski definition) is 3. The normalized spacial score (nSPS) is 9.73. The zero-order chi connectivity index (χ0) is 10.1. The SMILES string of the molecule is CN(C)c1ccnc2ccc(N)cc12.Cl. The molecule has 3 nitrogen and oxygen atoms in total. The van der Waals surface area contributed by atoms with Crippen LogP contribution in [0.1, 0.15) is 0 Å². The molecule has 0 bridgehead atoms. The Bertz CT molecular complexity index is 468. The largest absolute Gasteiger partial charge is 0.399 e. The molecule has 0 aliphatic rings. The van der Waals surface area contributed by atoms with E-state index >= 15 is 0 Å². The van der Waals surface area contributed by atoms with Crippen LogP contribution < -0.4 is 10.6 Å². The number of nitrogens with two attached hydrogens (primary N) is 1. The van der Waals surface area contributed by atoms with Gasteiger partial charge in [-0.2, -0.15) is 0 Å². The Kier molecular flexibility index (Phi) is 3.37. The number of nitrogen functional groups attached to an aromatic ring is 1. The number of rotatable bonds is 1. The number of nitrogens with zero attached hydrogens (tertiary/aromatic N) is 2. The predicted molar refractivity (Wildman–Crippen MR) is 67.7 cm³/mol. The third-order valence-electron chi connectivity index (χ3n) is 2.22. The minimum atomic E-state index is 0. The van der Waals surface area contributed by atoms with Crippen LogP contribution in [0.4, 0.5) is 11.4 Å². The van der Waals surface area contributed by atoms with Crippen LogP contribution in [-0.2, 0) is 0 Å². The number of pyridine rings is 1. The van der Waals surface area contributed by atoms with Gasteiger partial charge in [0.1, 0.15) is 0 Å². The van der Waals surface area contributed by atoms with Gasteiger partial charge in [-0.05, 0) is 24.3 Å². The van der Waals surface area contributed by atoms with Crippen LogP contribution >= 0.6 is 12.4 Å². The number of anilines is 2. The van der Waals surface area contributed by atoms with E-state index < -0.39 is 0 Å². The van der Waals surface area contributed by atoms with E-state index in [0.717, 1.165) is 22.3 Å². The van der Waals surface area contributed by atoms with Gasteiger partial charge in [0.15, 0.2) is 0 Å². The van der Waals surface area contributed by atoms with E-state index in [0.29, 0.717) is 0 Å². The Balaban J connectivity index is 0.00000112. The summed E-state index contributed by atoms with van der Waals surface area (Å²) in [7, 11) is 4.02. The lowest BCUT2D eigenvalue weighted by atomic mass is 10.1. The minimum absolute atomic E-state index is 0. The molecule has 0 radical (unpaired) electrons. The molecule has 2 N–H and O–H groups in total. The van der Waals surface area contributed by atoms with Crippen molar-refractivity contribution in [3.05, 3.63) is 30.5 Å². The first-order valence-corrected chi connectivity index (χ1v) is 4.50. The summed E-state index contributed by atoms with van der Waals surface area (Å²) in [5, 5.41) is 1.09. The van der Waals surface area contributed by atoms with Crippen molar-refractivity contribution < 1.29 is 0 Å². The number of aromatic nitrogens is 1. The summed E-state index contributed by atoms with van der Waals surface area (Å²) in [6, 6.07) is 7.76. The van der Waals surface area contributed by atoms with E-state index in [4.69, 9.17) is 5.73 Å². The Hall–Kier alpha value is -1.48. The van der Waals surface area contributed by atoms with E-state index in [2.05, 4.69) is 9.88 Å². The molecule has 0 spiro atoms. The molecular weight excluding hydrogens is 210 g/mol. The molecule has 0 saturated carbocycles. The standard InChI is InChI=1S/C11H13N3.ClH/c1-14(2)11-5-6-13-10-4-3-8(12)7-9(10)11;/h3-7H,12H2,1-2H3;1H. The summed E-state index contributed by atoms with van der Waals surface area (Å²) in [5.74, 6) is 0. The fourth-order valence-electron chi connectivity index (χ4n) is 1.54. The summed E-state index contributed by atoms with van der Waals surface area (Å²) in [6.45, 7) is 0. The maximum absolute atomic E-state index is 5.75. The summed E-state index contributed by atoms with van der Waals surface area (Å²) in [4.78, 5) is 6.34. The van der Waals surface area contributed by atoms with Crippen LogP contribution in [0, 0.1) is 0 Å². The van der Waals surface area contributed by atoms with Crippen LogP contribution in [-0.4, -0.2) is 19.1 Å². The summed E-state index contributed by atoms with van der Waals surface area (Å²) < 4.78 is 0. The van der Waals surface area contributed by atoms with Gasteiger partial charge in [0.05, 0.1) is 5.52 Å². The maximum Gasteiger partial charge on any atom is 0.0724 e. The molecule has 1 heterocycles. The summed E-state index contributed by atoms with van der Waals surface area (Å²) >= 11 is 0. The van der Waals surface area contributed by atoms with Gasteiger partial charge < -0.3 is 10.6 Å². The molecule has 2 rings (SSSR count). The first-order valence-electron chi connectivity index (χ1n) is 4.50. The zero-order valence-corrected chi connectivity index (χ0v) is 9.58. The van der Waals surface area contributed by atoms with E-state index in [1.54, 1.807) is 0 Å². The van der Waals surface area contributed by atoms with Crippen molar-refractivity contribution in [2.75, 3.05) is 24.7 Å². The molecule has 4 heteroatoms. The van der Waals surface area contributed by atoms with E-state index in [1.165, 1.54) is 0 Å². The van der Waals surface area contributed by atoms with Crippen molar-refractivity contribution in [2.45, 2.75) is 0 Å². The second kappa shape index (κ2) is 4.36. The summed E-state index contributed by atoms with van der Waals surface area (Å²) in [5.41, 5.74) is 8.64. The number of halogens is 1. The lowest BCUT2D eigenvalue weighted by Crippen LogP contribution is -2.09. The Morgan fingerprint density at radius 3 is 2.60 bits per heavy atom. The molecule has 0 aliphatic heterocycles. The van der Waals surface area contributed by atoms with Gasteiger partial charge in [0.2, 0.25) is 0 Å². The molecule has 2 aromatic rings. The fraction of sp³-hybridized carbons (Fsp3) is 0.182. The monoisotopic (exact) mass is 223 g/mol. The lowest BCUT2D eigenvalue weighted by molar-refractivity contribution is 1.14. The fourth-order valence-corrected chi connectivity index (χ4v) is 1.54. The average Bonchev–Trinajstić information content (AvgIpc) is 2.16. The number of hydrogen-bond donors (Lipinski definition) is 1. The maximum atomic E-state index is 5.75. The van der Waals surface area contributed by atoms with Crippen molar-refractivity contribution in [3.63, 3.8) is 0 Å². The zero-order valence-electron chi connectivity index (χ0n) is 8.77. The smallest absolute Gasteiger partial charge is 0.0724 e. The van der Waals surface area contributed by atoms with Crippen LogP contribution in [0.15, 0.2) is 30.5 Å². The van der Waals surface area contributed by atoms with Gasteiger partial charge in [0, 0.05) is 37.1 Å². The van der Waals surface area contributed by atoms with Crippen molar-refractivity contribution in [1.29, 1.82) is 0 Å². The van der Waals surface area contributed by atoms with Gasteiger partial charge in [0.25, 0.3) is 0 Å². The molecule has 0 saturated heterocycles. The highest BCUT2D eigenvalue weighted by molar-refractivity contribution is 5.93. The van der Waals surface area contributed by atoms with Gasteiger partial charge in [-0.25, -0.2) is 0 Å². The molecule has 0 aliphatic carbocycles.